The van der Waals surface area contributed by atoms with E-state index in [1.807, 2.05) is 13.8 Å². The monoisotopic (exact) mass is 242 g/mol. The SMILES string of the molecule is CCC(CC)(OC)C(O)c1c(OC)cnn1C. The second-order valence-electron chi connectivity index (χ2n) is 4.10. The number of aliphatic hydroxyl groups excluding tert-OH is 1. The molecule has 5 nitrogen and oxygen atoms in total. The molecule has 0 saturated carbocycles. The van der Waals surface area contributed by atoms with Gasteiger partial charge in [0.15, 0.2) is 5.75 Å². The molecule has 98 valence electrons. The van der Waals surface area contributed by atoms with Gasteiger partial charge in [0.25, 0.3) is 0 Å². The van der Waals surface area contributed by atoms with E-state index in [1.165, 1.54) is 0 Å². The van der Waals surface area contributed by atoms with Crippen molar-refractivity contribution in [2.45, 2.75) is 38.4 Å². The highest BCUT2D eigenvalue weighted by molar-refractivity contribution is 5.29. The summed E-state index contributed by atoms with van der Waals surface area (Å²) in [5.74, 6) is 0.586. The van der Waals surface area contributed by atoms with E-state index < -0.39 is 11.7 Å². The molecular weight excluding hydrogens is 220 g/mol. The number of ether oxygens (including phenoxy) is 2. The van der Waals surface area contributed by atoms with E-state index in [4.69, 9.17) is 9.47 Å². The highest BCUT2D eigenvalue weighted by atomic mass is 16.5. The van der Waals surface area contributed by atoms with Crippen LogP contribution in [0, 0.1) is 0 Å². The van der Waals surface area contributed by atoms with Crippen LogP contribution in [0.5, 0.6) is 5.75 Å². The summed E-state index contributed by atoms with van der Waals surface area (Å²) in [6.45, 7) is 4.00. The molecule has 0 aromatic carbocycles. The average molecular weight is 242 g/mol. The molecule has 0 aliphatic rings. The molecule has 0 saturated heterocycles. The van der Waals surface area contributed by atoms with Crippen molar-refractivity contribution >= 4 is 0 Å². The first-order valence-electron chi connectivity index (χ1n) is 5.85. The van der Waals surface area contributed by atoms with Gasteiger partial charge in [-0.3, -0.25) is 4.68 Å². The zero-order valence-corrected chi connectivity index (χ0v) is 11.2. The Morgan fingerprint density at radius 3 is 2.41 bits per heavy atom. The average Bonchev–Trinajstić information content (AvgIpc) is 2.73. The summed E-state index contributed by atoms with van der Waals surface area (Å²) < 4.78 is 12.4. The molecule has 1 N–H and O–H groups in total. The van der Waals surface area contributed by atoms with Gasteiger partial charge in [0.2, 0.25) is 0 Å². The lowest BCUT2D eigenvalue weighted by Crippen LogP contribution is -2.38. The smallest absolute Gasteiger partial charge is 0.162 e. The van der Waals surface area contributed by atoms with Crippen molar-refractivity contribution in [3.05, 3.63) is 11.9 Å². The van der Waals surface area contributed by atoms with Gasteiger partial charge in [-0.05, 0) is 12.8 Å². The minimum Gasteiger partial charge on any atom is -0.493 e. The van der Waals surface area contributed by atoms with Gasteiger partial charge in [-0.1, -0.05) is 13.8 Å². The lowest BCUT2D eigenvalue weighted by molar-refractivity contribution is -0.113. The third-order valence-corrected chi connectivity index (χ3v) is 3.53. The Labute approximate surface area is 102 Å². The van der Waals surface area contributed by atoms with Gasteiger partial charge in [0.1, 0.15) is 11.8 Å². The Bertz CT molecular complexity index is 350. The van der Waals surface area contributed by atoms with E-state index in [-0.39, 0.29) is 0 Å². The first kappa shape index (κ1) is 14.0. The van der Waals surface area contributed by atoms with Crippen molar-refractivity contribution in [1.29, 1.82) is 0 Å². The second-order valence-corrected chi connectivity index (χ2v) is 4.10. The molecule has 17 heavy (non-hydrogen) atoms. The molecular formula is C12H22N2O3. The Balaban J connectivity index is 3.17. The van der Waals surface area contributed by atoms with Gasteiger partial charge in [-0.2, -0.15) is 5.10 Å². The molecule has 1 rings (SSSR count). The number of nitrogens with zero attached hydrogens (tertiary/aromatic N) is 2. The van der Waals surface area contributed by atoms with E-state index in [2.05, 4.69) is 5.10 Å². The molecule has 0 amide bonds. The Morgan fingerprint density at radius 1 is 1.41 bits per heavy atom. The molecule has 1 atom stereocenters. The summed E-state index contributed by atoms with van der Waals surface area (Å²) >= 11 is 0. The summed E-state index contributed by atoms with van der Waals surface area (Å²) in [6, 6.07) is 0. The topological polar surface area (TPSA) is 56.5 Å². The normalized spacial score (nSPS) is 13.8. The van der Waals surface area contributed by atoms with Crippen molar-refractivity contribution in [2.24, 2.45) is 7.05 Å². The van der Waals surface area contributed by atoms with Crippen LogP contribution in [0.4, 0.5) is 0 Å². The molecule has 1 aromatic rings. The molecule has 1 unspecified atom stereocenters. The predicted molar refractivity (Wildman–Crippen MR) is 65.0 cm³/mol. The minimum absolute atomic E-state index is 0.586. The van der Waals surface area contributed by atoms with Crippen molar-refractivity contribution in [3.8, 4) is 5.75 Å². The molecule has 0 radical (unpaired) electrons. The van der Waals surface area contributed by atoms with E-state index in [9.17, 15) is 5.11 Å². The number of hydrogen-bond acceptors (Lipinski definition) is 4. The fourth-order valence-corrected chi connectivity index (χ4v) is 2.18. The largest absolute Gasteiger partial charge is 0.493 e. The van der Waals surface area contributed by atoms with Gasteiger partial charge >= 0.3 is 0 Å². The third kappa shape index (κ3) is 2.30. The van der Waals surface area contributed by atoms with Crippen LogP contribution in [0.3, 0.4) is 0 Å². The molecule has 5 heteroatoms. The van der Waals surface area contributed by atoms with Gasteiger partial charge < -0.3 is 14.6 Å². The standard InChI is InChI=1S/C12H22N2O3/c1-6-12(7-2,17-5)11(15)10-9(16-4)8-13-14(10)3/h8,11,15H,6-7H2,1-5H3. The molecule has 0 spiro atoms. The molecule has 0 aliphatic heterocycles. The summed E-state index contributed by atoms with van der Waals surface area (Å²) in [7, 11) is 4.98. The van der Waals surface area contributed by atoms with Crippen molar-refractivity contribution < 1.29 is 14.6 Å². The molecule has 0 bridgehead atoms. The van der Waals surface area contributed by atoms with Gasteiger partial charge in [0, 0.05) is 14.2 Å². The number of aryl methyl sites for hydroxylation is 1. The van der Waals surface area contributed by atoms with E-state index in [0.717, 1.165) is 12.8 Å². The quantitative estimate of drug-likeness (QED) is 0.824. The first-order valence-corrected chi connectivity index (χ1v) is 5.85. The van der Waals surface area contributed by atoms with Crippen LogP contribution in [0.1, 0.15) is 38.5 Å². The van der Waals surface area contributed by atoms with Crippen molar-refractivity contribution in [3.63, 3.8) is 0 Å². The predicted octanol–water partition coefficient (Wildman–Crippen LogP) is 1.67. The minimum atomic E-state index is -0.759. The van der Waals surface area contributed by atoms with Crippen LogP contribution >= 0.6 is 0 Å². The molecule has 0 aliphatic carbocycles. The molecule has 1 aromatic heterocycles. The van der Waals surface area contributed by atoms with E-state index in [1.54, 1.807) is 32.1 Å². The van der Waals surface area contributed by atoms with Gasteiger partial charge in [0.05, 0.1) is 18.9 Å². The van der Waals surface area contributed by atoms with Crippen LogP contribution in [0.15, 0.2) is 6.20 Å². The maximum Gasteiger partial charge on any atom is 0.162 e. The highest BCUT2D eigenvalue weighted by Crippen LogP contribution is 2.38. The maximum absolute atomic E-state index is 10.5. The number of methoxy groups -OCH3 is 2. The fraction of sp³-hybridized carbons (Fsp3) is 0.750. The van der Waals surface area contributed by atoms with E-state index in [0.29, 0.717) is 11.4 Å². The van der Waals surface area contributed by atoms with Gasteiger partial charge in [-0.15, -0.1) is 0 Å². The highest BCUT2D eigenvalue weighted by Gasteiger charge is 2.39. The third-order valence-electron chi connectivity index (χ3n) is 3.53. The summed E-state index contributed by atoms with van der Waals surface area (Å²) in [4.78, 5) is 0. The van der Waals surface area contributed by atoms with E-state index >= 15 is 0 Å². The first-order chi connectivity index (χ1) is 8.06. The Hall–Kier alpha value is -1.07. The number of rotatable bonds is 6. The maximum atomic E-state index is 10.5. The Kier molecular flexibility index (Phi) is 4.54. The van der Waals surface area contributed by atoms with Crippen LogP contribution in [0.2, 0.25) is 0 Å². The fourth-order valence-electron chi connectivity index (χ4n) is 2.18. The molecule has 0 fully saturated rings. The zero-order chi connectivity index (χ0) is 13.1. The molecule has 1 heterocycles. The zero-order valence-electron chi connectivity index (χ0n) is 11.2. The van der Waals surface area contributed by atoms with Crippen LogP contribution in [0.25, 0.3) is 0 Å². The summed E-state index contributed by atoms with van der Waals surface area (Å²) in [5.41, 5.74) is 0.0548. The summed E-state index contributed by atoms with van der Waals surface area (Å²) in [5, 5.41) is 14.6. The van der Waals surface area contributed by atoms with Crippen LogP contribution < -0.4 is 4.74 Å². The number of aromatic nitrogens is 2. The lowest BCUT2D eigenvalue weighted by Gasteiger charge is -2.35. The lowest BCUT2D eigenvalue weighted by atomic mass is 9.88. The number of aliphatic hydroxyl groups is 1. The van der Waals surface area contributed by atoms with Crippen molar-refractivity contribution in [2.75, 3.05) is 14.2 Å². The number of hydrogen-bond donors (Lipinski definition) is 1. The van der Waals surface area contributed by atoms with Gasteiger partial charge in [-0.25, -0.2) is 0 Å². The second kappa shape index (κ2) is 5.51. The van der Waals surface area contributed by atoms with Crippen LogP contribution in [-0.2, 0) is 11.8 Å². The van der Waals surface area contributed by atoms with Crippen molar-refractivity contribution in [1.82, 2.24) is 9.78 Å². The summed E-state index contributed by atoms with van der Waals surface area (Å²) in [6.07, 6.45) is 2.28. The van der Waals surface area contributed by atoms with Crippen LogP contribution in [-0.4, -0.2) is 34.7 Å². The Morgan fingerprint density at radius 2 is 2.00 bits per heavy atom.